The van der Waals surface area contributed by atoms with Crippen molar-refractivity contribution in [3.63, 3.8) is 0 Å². The summed E-state index contributed by atoms with van der Waals surface area (Å²) in [5, 5.41) is 0. The molecule has 0 spiro atoms. The van der Waals surface area contributed by atoms with Crippen molar-refractivity contribution in [2.75, 3.05) is 0 Å². The highest BCUT2D eigenvalue weighted by molar-refractivity contribution is 6.06. The topological polar surface area (TPSA) is 50.3 Å². The van der Waals surface area contributed by atoms with Crippen molar-refractivity contribution in [3.8, 4) is 0 Å². The van der Waals surface area contributed by atoms with E-state index in [0.717, 1.165) is 5.56 Å². The zero-order valence-corrected chi connectivity index (χ0v) is 11.6. The SMILES string of the molecule is O=C1[C@@H]2[C@H]3C=C[C@H]([C@H]4C[C@H]34)[C@@H]2C(=O)N1Cc1cccnc1. The molecule has 6 rings (SSSR count). The molecule has 1 aromatic heterocycles. The minimum absolute atomic E-state index is 0.0403. The number of nitrogens with zero attached hydrogens (tertiary/aromatic N) is 2. The zero-order valence-electron chi connectivity index (χ0n) is 11.6. The first kappa shape index (κ1) is 11.7. The van der Waals surface area contributed by atoms with Crippen LogP contribution in [-0.4, -0.2) is 21.7 Å². The summed E-state index contributed by atoms with van der Waals surface area (Å²) in [5.74, 6) is 1.84. The van der Waals surface area contributed by atoms with Crippen LogP contribution < -0.4 is 0 Å². The van der Waals surface area contributed by atoms with Crippen LogP contribution in [0.3, 0.4) is 0 Å². The summed E-state index contributed by atoms with van der Waals surface area (Å²) >= 11 is 0. The Morgan fingerprint density at radius 1 is 1.10 bits per heavy atom. The molecular formula is C17H16N2O2. The second-order valence-corrected chi connectivity index (χ2v) is 6.78. The Hall–Kier alpha value is -1.97. The molecule has 2 saturated carbocycles. The molecule has 4 heteroatoms. The number of imide groups is 1. The van der Waals surface area contributed by atoms with Crippen LogP contribution in [-0.2, 0) is 16.1 Å². The lowest BCUT2D eigenvalue weighted by atomic mass is 9.63. The van der Waals surface area contributed by atoms with E-state index in [4.69, 9.17) is 0 Å². The third-order valence-corrected chi connectivity index (χ3v) is 5.82. The molecule has 5 aliphatic rings. The Bertz CT molecular complexity index is 633. The van der Waals surface area contributed by atoms with E-state index >= 15 is 0 Å². The molecule has 1 saturated heterocycles. The average Bonchev–Trinajstić information content (AvgIpc) is 3.30. The van der Waals surface area contributed by atoms with Gasteiger partial charge in [0.05, 0.1) is 18.4 Å². The quantitative estimate of drug-likeness (QED) is 0.611. The maximum atomic E-state index is 12.8. The molecule has 21 heavy (non-hydrogen) atoms. The van der Waals surface area contributed by atoms with Gasteiger partial charge in [0.1, 0.15) is 0 Å². The molecule has 0 radical (unpaired) electrons. The van der Waals surface area contributed by atoms with Crippen LogP contribution in [0, 0.1) is 35.5 Å². The van der Waals surface area contributed by atoms with E-state index in [2.05, 4.69) is 17.1 Å². The van der Waals surface area contributed by atoms with Crippen molar-refractivity contribution in [2.24, 2.45) is 35.5 Å². The molecule has 2 heterocycles. The van der Waals surface area contributed by atoms with E-state index in [1.54, 1.807) is 12.4 Å². The standard InChI is InChI=1S/C17H16N2O2/c20-16-14-10-3-4-11(13-6-12(10)13)15(14)17(21)19(16)8-9-2-1-5-18-7-9/h1-5,7,10-15H,6,8H2/t10-,11+,12-,13-,14+,15-/m1/s1. The minimum atomic E-state index is -0.0899. The summed E-state index contributed by atoms with van der Waals surface area (Å²) in [6.07, 6.45) is 9.05. The molecule has 4 aliphatic carbocycles. The molecular weight excluding hydrogens is 264 g/mol. The molecule has 1 aliphatic heterocycles. The number of allylic oxidation sites excluding steroid dienone is 2. The summed E-state index contributed by atoms with van der Waals surface area (Å²) in [5.41, 5.74) is 0.920. The lowest BCUT2D eigenvalue weighted by Gasteiger charge is -2.37. The van der Waals surface area contributed by atoms with Gasteiger partial charge in [-0.3, -0.25) is 19.5 Å². The number of likely N-dealkylation sites (tertiary alicyclic amines) is 1. The van der Waals surface area contributed by atoms with Crippen LogP contribution in [0.5, 0.6) is 0 Å². The summed E-state index contributed by atoms with van der Waals surface area (Å²) < 4.78 is 0. The molecule has 0 N–H and O–H groups in total. The molecule has 1 aromatic rings. The molecule has 2 amide bonds. The van der Waals surface area contributed by atoms with Gasteiger partial charge in [0.15, 0.2) is 0 Å². The lowest BCUT2D eigenvalue weighted by molar-refractivity contribution is -0.140. The largest absolute Gasteiger partial charge is 0.278 e. The van der Waals surface area contributed by atoms with E-state index < -0.39 is 0 Å². The third-order valence-electron chi connectivity index (χ3n) is 5.82. The fourth-order valence-electron chi connectivity index (χ4n) is 4.85. The van der Waals surface area contributed by atoms with Crippen LogP contribution in [0.1, 0.15) is 12.0 Å². The van der Waals surface area contributed by atoms with Crippen LogP contribution in [0.2, 0.25) is 0 Å². The van der Waals surface area contributed by atoms with Crippen LogP contribution >= 0.6 is 0 Å². The molecule has 2 bridgehead atoms. The number of pyridine rings is 1. The van der Waals surface area contributed by atoms with Crippen molar-refractivity contribution in [3.05, 3.63) is 42.2 Å². The van der Waals surface area contributed by atoms with Crippen LogP contribution in [0.4, 0.5) is 0 Å². The zero-order chi connectivity index (χ0) is 14.1. The summed E-state index contributed by atoms with van der Waals surface area (Å²) in [7, 11) is 0. The number of carbonyl (C=O) groups is 2. The summed E-state index contributed by atoms with van der Waals surface area (Å²) in [6, 6.07) is 3.76. The van der Waals surface area contributed by atoms with Crippen LogP contribution in [0.15, 0.2) is 36.7 Å². The maximum Gasteiger partial charge on any atom is 0.234 e. The molecule has 0 unspecified atom stereocenters. The first-order valence-electron chi connectivity index (χ1n) is 7.68. The van der Waals surface area contributed by atoms with Gasteiger partial charge in [-0.05, 0) is 41.7 Å². The van der Waals surface area contributed by atoms with Crippen LogP contribution in [0.25, 0.3) is 0 Å². The van der Waals surface area contributed by atoms with Gasteiger partial charge in [0, 0.05) is 12.4 Å². The Labute approximate surface area is 122 Å². The molecule has 6 atom stereocenters. The number of aromatic nitrogens is 1. The van der Waals surface area contributed by atoms with Crippen molar-refractivity contribution >= 4 is 11.8 Å². The number of carbonyl (C=O) groups excluding carboxylic acids is 2. The fourth-order valence-corrected chi connectivity index (χ4v) is 4.85. The van der Waals surface area contributed by atoms with Gasteiger partial charge in [-0.25, -0.2) is 0 Å². The van der Waals surface area contributed by atoms with Gasteiger partial charge in [-0.1, -0.05) is 18.2 Å². The minimum Gasteiger partial charge on any atom is -0.278 e. The van der Waals surface area contributed by atoms with Gasteiger partial charge in [-0.15, -0.1) is 0 Å². The monoisotopic (exact) mass is 280 g/mol. The second-order valence-electron chi connectivity index (χ2n) is 6.78. The van der Waals surface area contributed by atoms with Gasteiger partial charge in [0.2, 0.25) is 11.8 Å². The number of hydrogen-bond donors (Lipinski definition) is 0. The van der Waals surface area contributed by atoms with Gasteiger partial charge >= 0.3 is 0 Å². The van der Waals surface area contributed by atoms with Gasteiger partial charge in [-0.2, -0.15) is 0 Å². The highest BCUT2D eigenvalue weighted by Crippen LogP contribution is 2.65. The first-order chi connectivity index (χ1) is 10.3. The van der Waals surface area contributed by atoms with E-state index in [1.165, 1.54) is 11.3 Å². The molecule has 106 valence electrons. The van der Waals surface area contributed by atoms with Crippen molar-refractivity contribution in [2.45, 2.75) is 13.0 Å². The second kappa shape index (κ2) is 3.81. The number of amides is 2. The highest BCUT2D eigenvalue weighted by atomic mass is 16.2. The smallest absolute Gasteiger partial charge is 0.234 e. The average molecular weight is 280 g/mol. The normalized spacial score (nSPS) is 42.2. The van der Waals surface area contributed by atoms with E-state index in [-0.39, 0.29) is 23.7 Å². The number of hydrogen-bond acceptors (Lipinski definition) is 3. The fraction of sp³-hybridized carbons (Fsp3) is 0.471. The predicted molar refractivity (Wildman–Crippen MR) is 74.5 cm³/mol. The summed E-state index contributed by atoms with van der Waals surface area (Å²) in [6.45, 7) is 0.368. The van der Waals surface area contributed by atoms with E-state index in [9.17, 15) is 9.59 Å². The highest BCUT2D eigenvalue weighted by Gasteiger charge is 2.66. The lowest BCUT2D eigenvalue weighted by Crippen LogP contribution is -2.40. The molecule has 4 nitrogen and oxygen atoms in total. The Morgan fingerprint density at radius 2 is 1.76 bits per heavy atom. The maximum absolute atomic E-state index is 12.8. The van der Waals surface area contributed by atoms with Crippen molar-refractivity contribution in [1.82, 2.24) is 9.88 Å². The third kappa shape index (κ3) is 1.42. The predicted octanol–water partition coefficient (Wildman–Crippen LogP) is 1.63. The van der Waals surface area contributed by atoms with E-state index in [0.29, 0.717) is 30.2 Å². The molecule has 0 aromatic carbocycles. The molecule has 3 fully saturated rings. The van der Waals surface area contributed by atoms with Gasteiger partial charge in [0.25, 0.3) is 0 Å². The van der Waals surface area contributed by atoms with Crippen molar-refractivity contribution < 1.29 is 9.59 Å². The first-order valence-corrected chi connectivity index (χ1v) is 7.68. The summed E-state index contributed by atoms with van der Waals surface area (Å²) in [4.78, 5) is 31.1. The number of rotatable bonds is 2. The van der Waals surface area contributed by atoms with Gasteiger partial charge < -0.3 is 0 Å². The van der Waals surface area contributed by atoms with E-state index in [1.807, 2.05) is 12.1 Å². The van der Waals surface area contributed by atoms with Crippen molar-refractivity contribution in [1.29, 1.82) is 0 Å². The Morgan fingerprint density at radius 3 is 2.33 bits per heavy atom. The Balaban J connectivity index is 1.49. The Kier molecular flexibility index (Phi) is 2.12.